The minimum absolute atomic E-state index is 0.138. The van der Waals surface area contributed by atoms with E-state index < -0.39 is 28.7 Å². The number of hydrogen-bond acceptors (Lipinski definition) is 9. The van der Waals surface area contributed by atoms with Crippen molar-refractivity contribution in [2.75, 3.05) is 26.1 Å². The zero-order valence-electron chi connectivity index (χ0n) is 22.4. The van der Waals surface area contributed by atoms with Crippen molar-refractivity contribution in [3.05, 3.63) is 81.0 Å². The summed E-state index contributed by atoms with van der Waals surface area (Å²) in [4.78, 5) is 42.8. The molecule has 208 valence electrons. The number of carbonyl (C=O) groups excluding carboxylic acids is 2. The lowest BCUT2D eigenvalue weighted by atomic mass is 9.75. The molecule has 10 heteroatoms. The topological polar surface area (TPSA) is 128 Å². The number of methoxy groups -OCH3 is 1. The van der Waals surface area contributed by atoms with E-state index in [1.54, 1.807) is 24.8 Å². The van der Waals surface area contributed by atoms with E-state index >= 15 is 0 Å². The summed E-state index contributed by atoms with van der Waals surface area (Å²) in [6.45, 7) is 3.90. The molecule has 1 aliphatic heterocycles. The predicted octanol–water partition coefficient (Wildman–Crippen LogP) is 5.26. The Morgan fingerprint density at radius 2 is 1.90 bits per heavy atom. The van der Waals surface area contributed by atoms with E-state index in [0.717, 1.165) is 23.5 Å². The molecule has 0 saturated carbocycles. The van der Waals surface area contributed by atoms with Crippen molar-refractivity contribution in [2.45, 2.75) is 50.3 Å². The number of esters is 2. The van der Waals surface area contributed by atoms with Crippen LogP contribution >= 0.6 is 11.8 Å². The molecule has 0 aliphatic carbocycles. The van der Waals surface area contributed by atoms with Crippen molar-refractivity contribution < 1.29 is 29.1 Å². The van der Waals surface area contributed by atoms with Gasteiger partial charge in [-0.2, -0.15) is 0 Å². The molecule has 1 N–H and O–H groups in total. The average molecular weight is 555 g/mol. The molecule has 0 spiro atoms. The lowest BCUT2D eigenvalue weighted by molar-refractivity contribution is -0.384. The van der Waals surface area contributed by atoms with Crippen LogP contribution in [0, 0.1) is 16.0 Å². The fourth-order valence-corrected chi connectivity index (χ4v) is 5.42. The van der Waals surface area contributed by atoms with E-state index in [1.807, 2.05) is 31.2 Å². The maximum atomic E-state index is 13.4. The first kappa shape index (κ1) is 30.0. The molecule has 2 aromatic carbocycles. The molecule has 0 radical (unpaired) electrons. The number of aryl methyl sites for hydroxylation is 1. The Labute approximate surface area is 232 Å². The van der Waals surface area contributed by atoms with Crippen LogP contribution in [0.2, 0.25) is 0 Å². The van der Waals surface area contributed by atoms with Crippen LogP contribution in [-0.2, 0) is 25.5 Å². The standard InChI is InChI=1S/C29H34N2O7S/c1-4-24-27(29(34)38-16-7-17-39-23-13-11-20(12-14-23)8-6-15-32)26(25(19(2)30-24)28(33)37-3)21-9-5-10-22(18-21)31(35)36/h5,9-14,18,25-26,32H,4,6-8,15-17H2,1-3H3. The van der Waals surface area contributed by atoms with Gasteiger partial charge in [-0.3, -0.25) is 19.9 Å². The van der Waals surface area contributed by atoms with Gasteiger partial charge in [-0.15, -0.1) is 11.8 Å². The van der Waals surface area contributed by atoms with Gasteiger partial charge < -0.3 is 14.6 Å². The number of nitrogens with zero attached hydrogens (tertiary/aromatic N) is 2. The summed E-state index contributed by atoms with van der Waals surface area (Å²) >= 11 is 1.65. The largest absolute Gasteiger partial charge is 0.468 e. The highest BCUT2D eigenvalue weighted by Gasteiger charge is 2.43. The van der Waals surface area contributed by atoms with Crippen LogP contribution < -0.4 is 0 Å². The number of ether oxygens (including phenoxy) is 2. The number of allylic oxidation sites excluding steroid dienone is 1. The molecule has 39 heavy (non-hydrogen) atoms. The highest BCUT2D eigenvalue weighted by atomic mass is 32.2. The van der Waals surface area contributed by atoms with Gasteiger partial charge in [0.2, 0.25) is 0 Å². The second kappa shape index (κ2) is 14.6. The highest BCUT2D eigenvalue weighted by molar-refractivity contribution is 7.99. The average Bonchev–Trinajstić information content (AvgIpc) is 2.95. The molecule has 0 bridgehead atoms. The molecule has 2 atom stereocenters. The fourth-order valence-electron chi connectivity index (χ4n) is 4.60. The summed E-state index contributed by atoms with van der Waals surface area (Å²) in [7, 11) is 1.26. The number of aliphatic hydroxyl groups excluding tert-OH is 1. The molecule has 9 nitrogen and oxygen atoms in total. The van der Waals surface area contributed by atoms with Gasteiger partial charge in [0.05, 0.1) is 29.9 Å². The Kier molecular flexibility index (Phi) is 11.2. The Morgan fingerprint density at radius 3 is 2.54 bits per heavy atom. The summed E-state index contributed by atoms with van der Waals surface area (Å²) < 4.78 is 10.7. The number of aliphatic imine (C=N–C) groups is 1. The van der Waals surface area contributed by atoms with Gasteiger partial charge in [-0.1, -0.05) is 31.2 Å². The molecular formula is C29H34N2O7S. The Hall–Kier alpha value is -3.50. The van der Waals surface area contributed by atoms with Gasteiger partial charge in [-0.05, 0) is 55.9 Å². The number of non-ortho nitro benzene ring substituents is 1. The third-order valence-electron chi connectivity index (χ3n) is 6.50. The molecule has 2 aromatic rings. The van der Waals surface area contributed by atoms with Crippen LogP contribution in [0.15, 0.2) is 69.7 Å². The summed E-state index contributed by atoms with van der Waals surface area (Å²) in [6, 6.07) is 14.1. The van der Waals surface area contributed by atoms with Gasteiger partial charge in [-0.25, -0.2) is 4.79 Å². The van der Waals surface area contributed by atoms with Crippen molar-refractivity contribution in [3.63, 3.8) is 0 Å². The third kappa shape index (κ3) is 7.77. The third-order valence-corrected chi connectivity index (χ3v) is 7.60. The molecular weight excluding hydrogens is 520 g/mol. The number of nitro groups is 1. The van der Waals surface area contributed by atoms with Gasteiger partial charge >= 0.3 is 11.9 Å². The van der Waals surface area contributed by atoms with E-state index in [9.17, 15) is 19.7 Å². The number of hydrogen-bond donors (Lipinski definition) is 1. The minimum atomic E-state index is -0.911. The SMILES string of the molecule is CCC1=C(C(=O)OCCCSc2ccc(CCCO)cc2)C(c2cccc([N+](=O)[O-])c2)C(C(=O)OC)C(C)=N1. The number of benzene rings is 2. The number of rotatable bonds is 13. The van der Waals surface area contributed by atoms with Crippen molar-refractivity contribution >= 4 is 35.1 Å². The first-order valence-electron chi connectivity index (χ1n) is 12.9. The Bertz CT molecular complexity index is 1240. The molecule has 1 aliphatic rings. The molecule has 3 rings (SSSR count). The number of thioether (sulfide) groups is 1. The first-order valence-corrected chi connectivity index (χ1v) is 13.9. The lowest BCUT2D eigenvalue weighted by Crippen LogP contribution is -2.36. The summed E-state index contributed by atoms with van der Waals surface area (Å²) in [5, 5.41) is 20.4. The van der Waals surface area contributed by atoms with Crippen LogP contribution in [0.3, 0.4) is 0 Å². The van der Waals surface area contributed by atoms with Crippen LogP contribution in [0.25, 0.3) is 0 Å². The Balaban J connectivity index is 1.74. The molecule has 0 amide bonds. The van der Waals surface area contributed by atoms with Crippen LogP contribution in [0.5, 0.6) is 0 Å². The van der Waals surface area contributed by atoms with E-state index in [-0.39, 0.29) is 24.5 Å². The van der Waals surface area contributed by atoms with Gasteiger partial charge in [0.1, 0.15) is 5.92 Å². The van der Waals surface area contributed by atoms with E-state index in [4.69, 9.17) is 14.6 Å². The predicted molar refractivity (Wildman–Crippen MR) is 150 cm³/mol. The molecule has 1 heterocycles. The normalized spacial score (nSPS) is 17.0. The Morgan fingerprint density at radius 1 is 1.15 bits per heavy atom. The van der Waals surface area contributed by atoms with Crippen molar-refractivity contribution in [3.8, 4) is 0 Å². The smallest absolute Gasteiger partial charge is 0.336 e. The van der Waals surface area contributed by atoms with Crippen LogP contribution in [-0.4, -0.2) is 53.8 Å². The number of aliphatic hydroxyl groups is 1. The maximum Gasteiger partial charge on any atom is 0.336 e. The lowest BCUT2D eigenvalue weighted by Gasteiger charge is -2.31. The highest BCUT2D eigenvalue weighted by Crippen LogP contribution is 2.41. The molecule has 0 aromatic heterocycles. The molecule has 0 fully saturated rings. The number of carbonyl (C=O) groups is 2. The van der Waals surface area contributed by atoms with Crippen molar-refractivity contribution in [1.82, 2.24) is 0 Å². The van der Waals surface area contributed by atoms with Crippen LogP contribution in [0.1, 0.15) is 50.2 Å². The summed E-state index contributed by atoms with van der Waals surface area (Å²) in [5.41, 5.74) is 2.68. The van der Waals surface area contributed by atoms with Crippen LogP contribution in [0.4, 0.5) is 5.69 Å². The van der Waals surface area contributed by atoms with Crippen molar-refractivity contribution in [2.24, 2.45) is 10.9 Å². The zero-order valence-corrected chi connectivity index (χ0v) is 23.2. The second-order valence-corrected chi connectivity index (χ2v) is 10.3. The summed E-state index contributed by atoms with van der Waals surface area (Å²) in [6.07, 6.45) is 2.61. The van der Waals surface area contributed by atoms with Gasteiger partial charge in [0.15, 0.2) is 0 Å². The zero-order chi connectivity index (χ0) is 28.4. The van der Waals surface area contributed by atoms with E-state index in [2.05, 4.69) is 4.99 Å². The van der Waals surface area contributed by atoms with Gasteiger partial charge in [0.25, 0.3) is 5.69 Å². The first-order chi connectivity index (χ1) is 18.8. The monoisotopic (exact) mass is 554 g/mol. The second-order valence-electron chi connectivity index (χ2n) is 9.11. The quantitative estimate of drug-likeness (QED) is 0.117. The minimum Gasteiger partial charge on any atom is -0.468 e. The maximum absolute atomic E-state index is 13.4. The summed E-state index contributed by atoms with van der Waals surface area (Å²) in [5.74, 6) is -2.17. The van der Waals surface area contributed by atoms with E-state index in [1.165, 1.54) is 30.9 Å². The molecule has 2 unspecified atom stereocenters. The number of nitro benzene ring substituents is 1. The van der Waals surface area contributed by atoms with E-state index in [0.29, 0.717) is 29.8 Å². The van der Waals surface area contributed by atoms with Gasteiger partial charge in [0, 0.05) is 41.0 Å². The fraction of sp³-hybridized carbons (Fsp3) is 0.414. The molecule has 0 saturated heterocycles. The van der Waals surface area contributed by atoms with Crippen molar-refractivity contribution in [1.29, 1.82) is 0 Å².